The van der Waals surface area contributed by atoms with E-state index in [1.165, 1.54) is 4.31 Å². The van der Waals surface area contributed by atoms with Crippen LogP contribution in [-0.4, -0.2) is 47.1 Å². The van der Waals surface area contributed by atoms with Crippen LogP contribution in [0.15, 0.2) is 11.2 Å². The van der Waals surface area contributed by atoms with Gasteiger partial charge in [0.15, 0.2) is 5.03 Å². The van der Waals surface area contributed by atoms with E-state index in [1.54, 1.807) is 0 Å². The molecule has 1 saturated heterocycles. The molecule has 0 aliphatic carbocycles. The maximum Gasteiger partial charge on any atom is 0.340 e. The molecule has 8 heteroatoms. The quantitative estimate of drug-likeness (QED) is 0.860. The first-order chi connectivity index (χ1) is 8.74. The van der Waals surface area contributed by atoms with Gasteiger partial charge < -0.3 is 5.11 Å². The van der Waals surface area contributed by atoms with Crippen molar-refractivity contribution in [3.63, 3.8) is 0 Å². The van der Waals surface area contributed by atoms with Gasteiger partial charge in [-0.25, -0.2) is 13.2 Å². The SMILES string of the molecule is CC1(C)CCCN(S(=O)(=O)c2[nH]ncc2C(=O)O)C1. The molecule has 0 radical (unpaired) electrons. The third-order valence-electron chi connectivity index (χ3n) is 3.30. The van der Waals surface area contributed by atoms with Crippen LogP contribution in [0.2, 0.25) is 0 Å². The van der Waals surface area contributed by atoms with Gasteiger partial charge in [-0.05, 0) is 18.3 Å². The first kappa shape index (κ1) is 14.0. The van der Waals surface area contributed by atoms with Crippen molar-refractivity contribution in [3.8, 4) is 0 Å². The van der Waals surface area contributed by atoms with Crippen LogP contribution in [0.1, 0.15) is 37.0 Å². The Morgan fingerprint density at radius 2 is 2.21 bits per heavy atom. The summed E-state index contributed by atoms with van der Waals surface area (Å²) >= 11 is 0. The van der Waals surface area contributed by atoms with Crippen LogP contribution < -0.4 is 0 Å². The molecule has 2 heterocycles. The van der Waals surface area contributed by atoms with E-state index in [0.29, 0.717) is 13.1 Å². The Labute approximate surface area is 111 Å². The third kappa shape index (κ3) is 2.64. The van der Waals surface area contributed by atoms with Gasteiger partial charge in [0.2, 0.25) is 0 Å². The summed E-state index contributed by atoms with van der Waals surface area (Å²) in [7, 11) is -3.83. The van der Waals surface area contributed by atoms with Crippen LogP contribution in [0.3, 0.4) is 0 Å². The summed E-state index contributed by atoms with van der Waals surface area (Å²) in [5.41, 5.74) is -0.419. The van der Waals surface area contributed by atoms with Gasteiger partial charge in [0.1, 0.15) is 5.56 Å². The number of rotatable bonds is 3. The molecule has 2 rings (SSSR count). The lowest BCUT2D eigenvalue weighted by Gasteiger charge is -2.36. The van der Waals surface area contributed by atoms with Crippen molar-refractivity contribution in [1.29, 1.82) is 0 Å². The minimum absolute atomic E-state index is 0.102. The number of carbonyl (C=O) groups is 1. The van der Waals surface area contributed by atoms with Crippen molar-refractivity contribution in [1.82, 2.24) is 14.5 Å². The Hall–Kier alpha value is -1.41. The number of aromatic amines is 1. The van der Waals surface area contributed by atoms with Crippen LogP contribution in [0.4, 0.5) is 0 Å². The second-order valence-corrected chi connectivity index (χ2v) is 7.40. The van der Waals surface area contributed by atoms with Gasteiger partial charge in [-0.15, -0.1) is 0 Å². The van der Waals surface area contributed by atoms with Gasteiger partial charge in [0.05, 0.1) is 6.20 Å². The lowest BCUT2D eigenvalue weighted by atomic mass is 9.85. The van der Waals surface area contributed by atoms with Crippen LogP contribution in [0.5, 0.6) is 0 Å². The number of piperidine rings is 1. The fourth-order valence-corrected chi connectivity index (χ4v) is 4.06. The van der Waals surface area contributed by atoms with E-state index >= 15 is 0 Å². The monoisotopic (exact) mass is 287 g/mol. The molecule has 1 aliphatic rings. The minimum atomic E-state index is -3.83. The molecule has 1 fully saturated rings. The number of nitrogens with zero attached hydrogens (tertiary/aromatic N) is 2. The first-order valence-corrected chi connectivity index (χ1v) is 7.45. The highest BCUT2D eigenvalue weighted by atomic mass is 32.2. The van der Waals surface area contributed by atoms with Crippen LogP contribution in [0.25, 0.3) is 0 Å². The van der Waals surface area contributed by atoms with Crippen LogP contribution in [-0.2, 0) is 10.0 Å². The van der Waals surface area contributed by atoms with Crippen LogP contribution in [0, 0.1) is 5.41 Å². The number of H-pyrrole nitrogens is 1. The van der Waals surface area contributed by atoms with Crippen molar-refractivity contribution in [3.05, 3.63) is 11.8 Å². The van der Waals surface area contributed by atoms with E-state index in [1.807, 2.05) is 13.8 Å². The number of hydrogen-bond donors (Lipinski definition) is 2. The highest BCUT2D eigenvalue weighted by Crippen LogP contribution is 2.31. The zero-order chi connectivity index (χ0) is 14.3. The highest BCUT2D eigenvalue weighted by molar-refractivity contribution is 7.89. The molecule has 19 heavy (non-hydrogen) atoms. The number of carboxylic acids is 1. The number of hydrogen-bond acceptors (Lipinski definition) is 4. The van der Waals surface area contributed by atoms with E-state index in [2.05, 4.69) is 10.2 Å². The van der Waals surface area contributed by atoms with Gasteiger partial charge >= 0.3 is 5.97 Å². The molecule has 0 aromatic carbocycles. The molecule has 0 atom stereocenters. The smallest absolute Gasteiger partial charge is 0.340 e. The maximum absolute atomic E-state index is 12.5. The first-order valence-electron chi connectivity index (χ1n) is 6.01. The topological polar surface area (TPSA) is 103 Å². The number of sulfonamides is 1. The summed E-state index contributed by atoms with van der Waals surface area (Å²) in [6.45, 7) is 4.79. The molecule has 1 aromatic rings. The predicted molar refractivity (Wildman–Crippen MR) is 67.3 cm³/mol. The summed E-state index contributed by atoms with van der Waals surface area (Å²) in [5.74, 6) is -1.30. The van der Waals surface area contributed by atoms with Gasteiger partial charge in [-0.1, -0.05) is 13.8 Å². The molecule has 0 unspecified atom stereocenters. The summed E-state index contributed by atoms with van der Waals surface area (Å²) in [4.78, 5) is 11.0. The fraction of sp³-hybridized carbons (Fsp3) is 0.636. The average molecular weight is 287 g/mol. The van der Waals surface area contributed by atoms with Gasteiger partial charge in [-0.3, -0.25) is 5.10 Å². The van der Waals surface area contributed by atoms with E-state index in [0.717, 1.165) is 19.0 Å². The van der Waals surface area contributed by atoms with Crippen molar-refractivity contribution in [2.24, 2.45) is 5.41 Å². The zero-order valence-electron chi connectivity index (χ0n) is 10.9. The molecular weight excluding hydrogens is 270 g/mol. The Morgan fingerprint density at radius 3 is 2.79 bits per heavy atom. The Kier molecular flexibility index (Phi) is 3.40. The van der Waals surface area contributed by atoms with E-state index in [-0.39, 0.29) is 16.0 Å². The molecule has 0 amide bonds. The van der Waals surface area contributed by atoms with Crippen molar-refractivity contribution < 1.29 is 18.3 Å². The molecule has 0 saturated carbocycles. The number of carboxylic acid groups (broad SMARTS) is 1. The van der Waals surface area contributed by atoms with Gasteiger partial charge in [0.25, 0.3) is 10.0 Å². The predicted octanol–water partition coefficient (Wildman–Crippen LogP) is 0.919. The Morgan fingerprint density at radius 1 is 1.53 bits per heavy atom. The maximum atomic E-state index is 12.5. The Bertz CT molecular complexity index is 591. The normalized spacial score (nSPS) is 20.3. The van der Waals surface area contributed by atoms with Crippen molar-refractivity contribution in [2.45, 2.75) is 31.7 Å². The largest absolute Gasteiger partial charge is 0.478 e. The molecule has 106 valence electrons. The van der Waals surface area contributed by atoms with E-state index < -0.39 is 16.0 Å². The van der Waals surface area contributed by atoms with Crippen LogP contribution >= 0.6 is 0 Å². The molecular formula is C11H17N3O4S. The Balaban J connectivity index is 2.37. The molecule has 2 N–H and O–H groups in total. The standard InChI is InChI=1S/C11H17N3O4S/c1-11(2)4-3-5-14(7-11)19(17,18)9-8(10(15)16)6-12-13-9/h6H,3-5,7H2,1-2H3,(H,12,13)(H,15,16). The molecule has 0 spiro atoms. The number of aromatic carboxylic acids is 1. The minimum Gasteiger partial charge on any atom is -0.478 e. The molecule has 1 aromatic heterocycles. The zero-order valence-corrected chi connectivity index (χ0v) is 11.7. The molecule has 7 nitrogen and oxygen atoms in total. The molecule has 0 bridgehead atoms. The molecule has 1 aliphatic heterocycles. The lowest BCUT2D eigenvalue weighted by Crippen LogP contribution is -2.43. The highest BCUT2D eigenvalue weighted by Gasteiger charge is 2.37. The fourth-order valence-electron chi connectivity index (χ4n) is 2.33. The second kappa shape index (κ2) is 4.61. The van der Waals surface area contributed by atoms with Gasteiger partial charge in [-0.2, -0.15) is 9.40 Å². The van der Waals surface area contributed by atoms with Gasteiger partial charge in [0, 0.05) is 13.1 Å². The second-order valence-electron chi connectivity index (χ2n) is 5.52. The summed E-state index contributed by atoms with van der Waals surface area (Å²) < 4.78 is 26.2. The summed E-state index contributed by atoms with van der Waals surface area (Å²) in [5, 5.41) is 14.5. The average Bonchev–Trinajstić information content (AvgIpc) is 2.77. The van der Waals surface area contributed by atoms with E-state index in [4.69, 9.17) is 5.11 Å². The van der Waals surface area contributed by atoms with E-state index in [9.17, 15) is 13.2 Å². The van der Waals surface area contributed by atoms with Crippen molar-refractivity contribution in [2.75, 3.05) is 13.1 Å². The lowest BCUT2D eigenvalue weighted by molar-refractivity contribution is 0.0692. The number of aromatic nitrogens is 2. The van der Waals surface area contributed by atoms with Crippen molar-refractivity contribution >= 4 is 16.0 Å². The summed E-state index contributed by atoms with van der Waals surface area (Å²) in [6, 6.07) is 0. The third-order valence-corrected chi connectivity index (χ3v) is 5.12. The summed E-state index contributed by atoms with van der Waals surface area (Å²) in [6.07, 6.45) is 2.74. The number of nitrogens with one attached hydrogen (secondary N) is 1.